The Bertz CT molecular complexity index is 988. The lowest BCUT2D eigenvalue weighted by Crippen LogP contribution is -2.26. The van der Waals surface area contributed by atoms with Crippen LogP contribution < -0.4 is 10.6 Å². The molecule has 128 valence electrons. The number of hydrogen-bond donors (Lipinski definition) is 2. The molecule has 2 amide bonds. The molecule has 1 aromatic carbocycles. The number of carbonyl (C=O) groups excluding carboxylic acids is 2. The molecule has 2 aromatic heterocycles. The molecule has 1 aliphatic carbocycles. The SMILES string of the molecule is Cc1c(C(=O)Nc2sccc2C(=O)NC2CC2)oc2ccc(Br)cc12. The summed E-state index contributed by atoms with van der Waals surface area (Å²) in [7, 11) is 0. The van der Waals surface area contributed by atoms with Crippen molar-refractivity contribution in [2.24, 2.45) is 0 Å². The van der Waals surface area contributed by atoms with Gasteiger partial charge in [-0.25, -0.2) is 0 Å². The molecule has 25 heavy (non-hydrogen) atoms. The summed E-state index contributed by atoms with van der Waals surface area (Å²) in [6, 6.07) is 7.60. The highest BCUT2D eigenvalue weighted by Gasteiger charge is 2.26. The van der Waals surface area contributed by atoms with Gasteiger partial charge < -0.3 is 15.1 Å². The van der Waals surface area contributed by atoms with Gasteiger partial charge in [0.25, 0.3) is 11.8 Å². The molecule has 5 nitrogen and oxygen atoms in total. The third-order valence-corrected chi connectivity index (χ3v) is 5.48. The van der Waals surface area contributed by atoms with E-state index in [1.807, 2.05) is 25.1 Å². The van der Waals surface area contributed by atoms with Crippen LogP contribution >= 0.6 is 27.3 Å². The van der Waals surface area contributed by atoms with Gasteiger partial charge in [-0.15, -0.1) is 11.3 Å². The Hall–Kier alpha value is -2.12. The summed E-state index contributed by atoms with van der Waals surface area (Å²) in [5.74, 6) is -0.243. The molecule has 3 aromatic rings. The molecule has 2 N–H and O–H groups in total. The summed E-state index contributed by atoms with van der Waals surface area (Å²) in [6.07, 6.45) is 2.04. The van der Waals surface area contributed by atoms with Gasteiger partial charge >= 0.3 is 0 Å². The predicted octanol–water partition coefficient (Wildman–Crippen LogP) is 4.71. The lowest BCUT2D eigenvalue weighted by atomic mass is 10.1. The largest absolute Gasteiger partial charge is 0.451 e. The summed E-state index contributed by atoms with van der Waals surface area (Å²) in [4.78, 5) is 24.9. The summed E-state index contributed by atoms with van der Waals surface area (Å²) in [5.41, 5.74) is 1.92. The Balaban J connectivity index is 1.59. The Morgan fingerprint density at radius 3 is 2.80 bits per heavy atom. The molecule has 0 radical (unpaired) electrons. The first-order valence-corrected chi connectivity index (χ1v) is 9.58. The molecule has 1 saturated carbocycles. The van der Waals surface area contributed by atoms with Gasteiger partial charge in [-0.2, -0.15) is 0 Å². The van der Waals surface area contributed by atoms with Crippen LogP contribution in [0.1, 0.15) is 39.3 Å². The number of carbonyl (C=O) groups is 2. The highest BCUT2D eigenvalue weighted by atomic mass is 79.9. The quantitative estimate of drug-likeness (QED) is 0.644. The van der Waals surface area contributed by atoms with Crippen LogP contribution in [0, 0.1) is 6.92 Å². The van der Waals surface area contributed by atoms with E-state index in [0.717, 1.165) is 28.3 Å². The Morgan fingerprint density at radius 1 is 1.24 bits per heavy atom. The van der Waals surface area contributed by atoms with Crippen LogP contribution in [0.5, 0.6) is 0 Å². The van der Waals surface area contributed by atoms with Crippen molar-refractivity contribution in [1.29, 1.82) is 0 Å². The predicted molar refractivity (Wildman–Crippen MR) is 101 cm³/mol. The number of halogens is 1. The zero-order valence-corrected chi connectivity index (χ0v) is 15.8. The second-order valence-electron chi connectivity index (χ2n) is 6.06. The molecule has 0 atom stereocenters. The molecule has 7 heteroatoms. The number of thiophene rings is 1. The topological polar surface area (TPSA) is 71.3 Å². The third-order valence-electron chi connectivity index (χ3n) is 4.15. The average molecular weight is 419 g/mol. The fourth-order valence-electron chi connectivity index (χ4n) is 2.65. The van der Waals surface area contributed by atoms with Crippen molar-refractivity contribution in [3.05, 3.63) is 51.0 Å². The van der Waals surface area contributed by atoms with Crippen molar-refractivity contribution in [3.63, 3.8) is 0 Å². The molecule has 0 aliphatic heterocycles. The Labute approximate surface area is 156 Å². The van der Waals surface area contributed by atoms with E-state index in [1.54, 1.807) is 11.4 Å². The molecule has 0 saturated heterocycles. The zero-order chi connectivity index (χ0) is 17.6. The minimum absolute atomic E-state index is 0.149. The lowest BCUT2D eigenvalue weighted by molar-refractivity contribution is 0.0952. The van der Waals surface area contributed by atoms with Crippen LogP contribution in [0.15, 0.2) is 38.5 Å². The number of fused-ring (bicyclic) bond motifs is 1. The number of rotatable bonds is 4. The second-order valence-corrected chi connectivity index (χ2v) is 7.89. The highest BCUT2D eigenvalue weighted by Crippen LogP contribution is 2.30. The number of benzene rings is 1. The van der Waals surface area contributed by atoms with Gasteiger partial charge in [-0.3, -0.25) is 9.59 Å². The third kappa shape index (κ3) is 3.21. The van der Waals surface area contributed by atoms with E-state index in [-0.39, 0.29) is 23.6 Å². The molecule has 1 fully saturated rings. The average Bonchev–Trinajstić information content (AvgIpc) is 3.17. The van der Waals surface area contributed by atoms with Crippen LogP contribution in [0.3, 0.4) is 0 Å². The molecule has 0 unspecified atom stereocenters. The van der Waals surface area contributed by atoms with E-state index >= 15 is 0 Å². The van der Waals surface area contributed by atoms with Crippen LogP contribution in [-0.4, -0.2) is 17.9 Å². The molecule has 0 bridgehead atoms. The first-order chi connectivity index (χ1) is 12.0. The summed E-state index contributed by atoms with van der Waals surface area (Å²) >= 11 is 4.75. The normalized spacial score (nSPS) is 13.8. The minimum Gasteiger partial charge on any atom is -0.451 e. The van der Waals surface area contributed by atoms with Crippen molar-refractivity contribution in [2.45, 2.75) is 25.8 Å². The van der Waals surface area contributed by atoms with Gasteiger partial charge in [0, 0.05) is 21.5 Å². The number of anilines is 1. The van der Waals surface area contributed by atoms with Crippen molar-refractivity contribution in [1.82, 2.24) is 5.32 Å². The Morgan fingerprint density at radius 2 is 2.04 bits per heavy atom. The van der Waals surface area contributed by atoms with E-state index in [9.17, 15) is 9.59 Å². The molecule has 1 aliphatic rings. The Kier molecular flexibility index (Phi) is 4.13. The van der Waals surface area contributed by atoms with Gasteiger partial charge in [0.1, 0.15) is 10.6 Å². The fraction of sp³-hybridized carbons (Fsp3) is 0.222. The van der Waals surface area contributed by atoms with E-state index in [0.29, 0.717) is 16.1 Å². The lowest BCUT2D eigenvalue weighted by Gasteiger charge is -2.06. The molecule has 0 spiro atoms. The maximum atomic E-state index is 12.7. The van der Waals surface area contributed by atoms with Gasteiger partial charge in [0.05, 0.1) is 5.56 Å². The standard InChI is InChI=1S/C18H15BrN2O3S/c1-9-13-8-10(19)2-5-14(13)24-15(9)17(23)21-18-12(6-7-25-18)16(22)20-11-3-4-11/h2,5-8,11H,3-4H2,1H3,(H,20,22)(H,21,23). The zero-order valence-electron chi connectivity index (χ0n) is 13.4. The van der Waals surface area contributed by atoms with Crippen LogP contribution in [0.25, 0.3) is 11.0 Å². The van der Waals surface area contributed by atoms with Gasteiger partial charge in [0.2, 0.25) is 0 Å². The molecule has 2 heterocycles. The van der Waals surface area contributed by atoms with Crippen LogP contribution in [0.4, 0.5) is 5.00 Å². The first kappa shape index (κ1) is 16.4. The van der Waals surface area contributed by atoms with E-state index < -0.39 is 0 Å². The van der Waals surface area contributed by atoms with E-state index in [2.05, 4.69) is 26.6 Å². The van der Waals surface area contributed by atoms with Crippen molar-refractivity contribution in [2.75, 3.05) is 5.32 Å². The van der Waals surface area contributed by atoms with E-state index in [4.69, 9.17) is 4.42 Å². The van der Waals surface area contributed by atoms with Crippen LogP contribution in [-0.2, 0) is 0 Å². The van der Waals surface area contributed by atoms with E-state index in [1.165, 1.54) is 11.3 Å². The highest BCUT2D eigenvalue weighted by molar-refractivity contribution is 9.10. The summed E-state index contributed by atoms with van der Waals surface area (Å²) < 4.78 is 6.63. The smallest absolute Gasteiger partial charge is 0.292 e. The first-order valence-electron chi connectivity index (χ1n) is 7.91. The van der Waals surface area contributed by atoms with Gasteiger partial charge in [-0.1, -0.05) is 15.9 Å². The number of amides is 2. The summed E-state index contributed by atoms with van der Waals surface area (Å²) in [5, 5.41) is 8.96. The monoisotopic (exact) mass is 418 g/mol. The molecular weight excluding hydrogens is 404 g/mol. The fourth-order valence-corrected chi connectivity index (χ4v) is 3.79. The summed E-state index contributed by atoms with van der Waals surface area (Å²) in [6.45, 7) is 1.85. The molecule has 4 rings (SSSR count). The number of aryl methyl sites for hydroxylation is 1. The van der Waals surface area contributed by atoms with Gasteiger partial charge in [-0.05, 0) is 49.4 Å². The van der Waals surface area contributed by atoms with Crippen LogP contribution in [0.2, 0.25) is 0 Å². The minimum atomic E-state index is -0.354. The number of hydrogen-bond acceptors (Lipinski definition) is 4. The number of furan rings is 1. The molecular formula is C18H15BrN2O3S. The van der Waals surface area contributed by atoms with Crippen molar-refractivity contribution < 1.29 is 14.0 Å². The number of nitrogens with one attached hydrogen (secondary N) is 2. The van der Waals surface area contributed by atoms with Crippen molar-refractivity contribution >= 4 is 55.1 Å². The maximum absolute atomic E-state index is 12.7. The van der Waals surface area contributed by atoms with Crippen molar-refractivity contribution in [3.8, 4) is 0 Å². The van der Waals surface area contributed by atoms with Gasteiger partial charge in [0.15, 0.2) is 5.76 Å². The maximum Gasteiger partial charge on any atom is 0.292 e. The second kappa shape index (κ2) is 6.31.